The van der Waals surface area contributed by atoms with E-state index in [1.807, 2.05) is 64.5 Å². The summed E-state index contributed by atoms with van der Waals surface area (Å²) in [4.78, 5) is 15.7. The molecular formula is C22H25N3O3S. The second-order valence-corrected chi connectivity index (χ2v) is 8.57. The molecule has 1 aliphatic heterocycles. The largest absolute Gasteiger partial charge is 0.491 e. The Morgan fingerprint density at radius 1 is 1.34 bits per heavy atom. The van der Waals surface area contributed by atoms with Crippen LogP contribution in [-0.4, -0.2) is 38.8 Å². The molecule has 3 aromatic rings. The van der Waals surface area contributed by atoms with Gasteiger partial charge in [-0.2, -0.15) is 5.10 Å². The van der Waals surface area contributed by atoms with Crippen LogP contribution in [0.3, 0.4) is 0 Å². The lowest BCUT2D eigenvalue weighted by Crippen LogP contribution is -2.33. The molecule has 7 heteroatoms. The number of carbonyl (C=O) groups excluding carboxylic acids is 1. The van der Waals surface area contributed by atoms with Crippen LogP contribution in [0.2, 0.25) is 0 Å². The Labute approximate surface area is 174 Å². The summed E-state index contributed by atoms with van der Waals surface area (Å²) in [5, 5.41) is 17.2. The minimum atomic E-state index is -1.00. The van der Waals surface area contributed by atoms with Gasteiger partial charge < -0.3 is 14.7 Å². The van der Waals surface area contributed by atoms with E-state index in [2.05, 4.69) is 5.10 Å². The highest BCUT2D eigenvalue weighted by Crippen LogP contribution is 2.31. The molecule has 1 N–H and O–H groups in total. The molecule has 1 aromatic carbocycles. The van der Waals surface area contributed by atoms with Crippen molar-refractivity contribution in [2.75, 3.05) is 13.2 Å². The molecule has 29 heavy (non-hydrogen) atoms. The van der Waals surface area contributed by atoms with Gasteiger partial charge in [0.2, 0.25) is 5.91 Å². The van der Waals surface area contributed by atoms with Crippen LogP contribution in [0.25, 0.3) is 0 Å². The van der Waals surface area contributed by atoms with Gasteiger partial charge in [0.15, 0.2) is 0 Å². The first-order valence-electron chi connectivity index (χ1n) is 9.77. The van der Waals surface area contributed by atoms with Crippen LogP contribution in [0, 0.1) is 0 Å². The van der Waals surface area contributed by atoms with Gasteiger partial charge in [0.25, 0.3) is 0 Å². The molecule has 0 radical (unpaired) electrons. The Morgan fingerprint density at radius 3 is 3.00 bits per heavy atom. The van der Waals surface area contributed by atoms with Gasteiger partial charge in [-0.25, -0.2) is 0 Å². The van der Waals surface area contributed by atoms with Crippen molar-refractivity contribution >= 4 is 17.2 Å². The fourth-order valence-corrected chi connectivity index (χ4v) is 4.22. The number of benzene rings is 1. The van der Waals surface area contributed by atoms with Crippen molar-refractivity contribution in [2.45, 2.75) is 38.5 Å². The zero-order valence-corrected chi connectivity index (χ0v) is 17.3. The van der Waals surface area contributed by atoms with Crippen molar-refractivity contribution in [1.82, 2.24) is 14.7 Å². The van der Waals surface area contributed by atoms with Crippen molar-refractivity contribution in [3.63, 3.8) is 0 Å². The lowest BCUT2D eigenvalue weighted by atomic mass is 9.91. The van der Waals surface area contributed by atoms with E-state index in [1.165, 1.54) is 0 Å². The summed E-state index contributed by atoms with van der Waals surface area (Å²) in [5.41, 5.74) is 0.748. The quantitative estimate of drug-likeness (QED) is 0.676. The lowest BCUT2D eigenvalue weighted by molar-refractivity contribution is -0.131. The number of amides is 1. The number of nitrogens with zero attached hydrogens (tertiary/aromatic N) is 3. The zero-order valence-electron chi connectivity index (χ0n) is 16.5. The summed E-state index contributed by atoms with van der Waals surface area (Å²) in [6.07, 6.45) is 4.57. The van der Waals surface area contributed by atoms with Gasteiger partial charge in [-0.3, -0.25) is 9.48 Å². The van der Waals surface area contributed by atoms with Crippen LogP contribution in [0.5, 0.6) is 5.75 Å². The molecule has 0 saturated carbocycles. The summed E-state index contributed by atoms with van der Waals surface area (Å²) < 4.78 is 7.68. The summed E-state index contributed by atoms with van der Waals surface area (Å²) in [6, 6.07) is 11.6. The second kappa shape index (κ2) is 8.39. The minimum Gasteiger partial charge on any atom is -0.491 e. The lowest BCUT2D eigenvalue weighted by Gasteiger charge is -2.25. The number of fused-ring (bicyclic) bond motifs is 1. The number of aliphatic hydroxyl groups is 1. The third kappa shape index (κ3) is 4.68. The molecule has 1 unspecified atom stereocenters. The first-order chi connectivity index (χ1) is 14.0. The topological polar surface area (TPSA) is 67.6 Å². The predicted octanol–water partition coefficient (Wildman–Crippen LogP) is 3.21. The van der Waals surface area contributed by atoms with E-state index in [1.54, 1.807) is 17.5 Å². The van der Waals surface area contributed by atoms with Gasteiger partial charge in [0.1, 0.15) is 12.4 Å². The third-order valence-corrected chi connectivity index (χ3v) is 6.18. The Bertz CT molecular complexity index is 952. The van der Waals surface area contributed by atoms with Crippen molar-refractivity contribution in [2.24, 2.45) is 0 Å². The van der Waals surface area contributed by atoms with Crippen molar-refractivity contribution < 1.29 is 14.6 Å². The average molecular weight is 412 g/mol. The molecule has 0 bridgehead atoms. The second-order valence-electron chi connectivity index (χ2n) is 7.54. The molecule has 1 aliphatic rings. The molecule has 4 rings (SSSR count). The maximum atomic E-state index is 12.8. The Hall–Kier alpha value is -2.64. The molecule has 0 fully saturated rings. The number of ether oxygens (including phenoxy) is 1. The van der Waals surface area contributed by atoms with Crippen LogP contribution >= 0.6 is 11.3 Å². The predicted molar refractivity (Wildman–Crippen MR) is 112 cm³/mol. The Kier molecular flexibility index (Phi) is 5.69. The standard InChI is InChI=1S/C22H25N3O3S/c1-22(27,7-10-25-9-3-8-23-25)18-5-6-20-17(14-18)16-24(11-12-28-20)21(26)15-19-4-2-13-29-19/h2-6,8-9,13-14,27H,7,10-12,15-16H2,1H3. The van der Waals surface area contributed by atoms with E-state index in [0.29, 0.717) is 39.1 Å². The molecule has 0 spiro atoms. The van der Waals surface area contributed by atoms with Crippen molar-refractivity contribution in [3.8, 4) is 5.75 Å². The number of hydrogen-bond donors (Lipinski definition) is 1. The van der Waals surface area contributed by atoms with Gasteiger partial charge in [0, 0.05) is 35.9 Å². The maximum absolute atomic E-state index is 12.8. The maximum Gasteiger partial charge on any atom is 0.228 e. The number of aromatic nitrogens is 2. The van der Waals surface area contributed by atoms with Gasteiger partial charge in [-0.05, 0) is 48.6 Å². The molecule has 0 aliphatic carbocycles. The van der Waals surface area contributed by atoms with Crippen molar-refractivity contribution in [3.05, 3.63) is 70.2 Å². The molecule has 3 heterocycles. The molecular weight excluding hydrogens is 386 g/mol. The van der Waals surface area contributed by atoms with Crippen LogP contribution < -0.4 is 4.74 Å². The summed E-state index contributed by atoms with van der Waals surface area (Å²) >= 11 is 1.60. The van der Waals surface area contributed by atoms with Gasteiger partial charge in [-0.15, -0.1) is 11.3 Å². The molecule has 152 valence electrons. The Balaban J connectivity index is 1.49. The molecule has 1 amide bonds. The van der Waals surface area contributed by atoms with E-state index >= 15 is 0 Å². The molecule has 0 saturated heterocycles. The number of hydrogen-bond acceptors (Lipinski definition) is 5. The minimum absolute atomic E-state index is 0.0970. The van der Waals surface area contributed by atoms with Crippen LogP contribution in [-0.2, 0) is 29.9 Å². The Morgan fingerprint density at radius 2 is 2.24 bits per heavy atom. The highest BCUT2D eigenvalue weighted by molar-refractivity contribution is 7.10. The number of rotatable bonds is 6. The number of thiophene rings is 1. The first-order valence-corrected chi connectivity index (χ1v) is 10.7. The highest BCUT2D eigenvalue weighted by atomic mass is 32.1. The van der Waals surface area contributed by atoms with E-state index in [4.69, 9.17) is 4.74 Å². The zero-order chi connectivity index (χ0) is 20.3. The summed E-state index contributed by atoms with van der Waals surface area (Å²) in [6.45, 7) is 3.96. The molecule has 6 nitrogen and oxygen atoms in total. The van der Waals surface area contributed by atoms with Crippen molar-refractivity contribution in [1.29, 1.82) is 0 Å². The summed E-state index contributed by atoms with van der Waals surface area (Å²) in [7, 11) is 0. The third-order valence-electron chi connectivity index (χ3n) is 5.31. The van der Waals surface area contributed by atoms with E-state index in [0.717, 1.165) is 21.8 Å². The van der Waals surface area contributed by atoms with E-state index in [-0.39, 0.29) is 5.91 Å². The summed E-state index contributed by atoms with van der Waals surface area (Å²) in [5.74, 6) is 0.878. The van der Waals surface area contributed by atoms with Gasteiger partial charge >= 0.3 is 0 Å². The first kappa shape index (κ1) is 19.7. The van der Waals surface area contributed by atoms with Crippen LogP contribution in [0.4, 0.5) is 0 Å². The highest BCUT2D eigenvalue weighted by Gasteiger charge is 2.26. The molecule has 1 atom stereocenters. The normalized spacial score (nSPS) is 15.9. The fraction of sp³-hybridized carbons (Fsp3) is 0.364. The smallest absolute Gasteiger partial charge is 0.228 e. The SMILES string of the molecule is CC(O)(CCn1cccn1)c1ccc2c(c1)CN(C(=O)Cc1cccs1)CCO2. The van der Waals surface area contributed by atoms with Gasteiger partial charge in [-0.1, -0.05) is 12.1 Å². The van der Waals surface area contributed by atoms with E-state index in [9.17, 15) is 9.90 Å². The average Bonchev–Trinajstić information content (AvgIpc) is 3.36. The van der Waals surface area contributed by atoms with Crippen LogP contribution in [0.1, 0.15) is 29.3 Å². The van der Waals surface area contributed by atoms with E-state index < -0.39 is 5.60 Å². The monoisotopic (exact) mass is 411 g/mol. The fourth-order valence-electron chi connectivity index (χ4n) is 3.53. The number of carbonyl (C=O) groups is 1. The van der Waals surface area contributed by atoms with Gasteiger partial charge in [0.05, 0.1) is 18.6 Å². The van der Waals surface area contributed by atoms with Crippen LogP contribution in [0.15, 0.2) is 54.2 Å². The number of aryl methyl sites for hydroxylation is 1. The molecule has 2 aromatic heterocycles.